The Balaban J connectivity index is 2.58. The van der Waals surface area contributed by atoms with E-state index in [2.05, 4.69) is 4.98 Å². The summed E-state index contributed by atoms with van der Waals surface area (Å²) >= 11 is 0. The first-order valence-electron chi connectivity index (χ1n) is 3.56. The number of amides is 1. The van der Waals surface area contributed by atoms with Crippen molar-refractivity contribution in [2.24, 2.45) is 5.73 Å². The number of aromatic nitrogens is 1. The van der Waals surface area contributed by atoms with E-state index in [1.54, 1.807) is 24.5 Å². The summed E-state index contributed by atoms with van der Waals surface area (Å²) in [6.07, 6.45) is 2.34. The van der Waals surface area contributed by atoms with Crippen molar-refractivity contribution in [2.45, 2.75) is 12.5 Å². The molecule has 1 aromatic rings. The highest BCUT2D eigenvalue weighted by Gasteiger charge is 2.10. The van der Waals surface area contributed by atoms with Crippen LogP contribution in [0.4, 0.5) is 0 Å². The average Bonchev–Trinajstić information content (AvgIpc) is 2.06. The summed E-state index contributed by atoms with van der Waals surface area (Å²) in [5, 5.41) is 9.08. The molecule has 0 saturated carbocycles. The van der Waals surface area contributed by atoms with E-state index in [9.17, 15) is 4.79 Å². The van der Waals surface area contributed by atoms with Crippen LogP contribution in [0.5, 0.6) is 0 Å². The zero-order valence-corrected chi connectivity index (χ0v) is 6.47. The van der Waals surface area contributed by atoms with Gasteiger partial charge in [-0.05, 0) is 17.7 Å². The predicted molar refractivity (Wildman–Crippen MR) is 43.1 cm³/mol. The summed E-state index contributed by atoms with van der Waals surface area (Å²) in [5.74, 6) is -0.702. The molecular weight excluding hydrogens is 156 g/mol. The fraction of sp³-hybridized carbons (Fsp3) is 0.250. The lowest BCUT2D eigenvalue weighted by Gasteiger charge is -2.04. The van der Waals surface area contributed by atoms with Crippen LogP contribution in [0.25, 0.3) is 0 Å². The molecule has 12 heavy (non-hydrogen) atoms. The summed E-state index contributed by atoms with van der Waals surface area (Å²) in [5.41, 5.74) is 5.72. The van der Waals surface area contributed by atoms with Crippen LogP contribution in [0.15, 0.2) is 24.5 Å². The highest BCUT2D eigenvalue weighted by Crippen LogP contribution is 2.00. The number of rotatable bonds is 3. The molecule has 1 heterocycles. The van der Waals surface area contributed by atoms with Crippen molar-refractivity contribution >= 4 is 5.91 Å². The van der Waals surface area contributed by atoms with E-state index in [1.165, 1.54) is 0 Å². The Morgan fingerprint density at radius 1 is 1.58 bits per heavy atom. The van der Waals surface area contributed by atoms with Gasteiger partial charge in [-0.2, -0.15) is 0 Å². The van der Waals surface area contributed by atoms with E-state index in [0.29, 0.717) is 0 Å². The Morgan fingerprint density at radius 3 is 2.67 bits per heavy atom. The van der Waals surface area contributed by atoms with Crippen molar-refractivity contribution in [3.8, 4) is 0 Å². The van der Waals surface area contributed by atoms with Gasteiger partial charge < -0.3 is 10.8 Å². The number of pyridine rings is 1. The molecule has 0 aromatic carbocycles. The van der Waals surface area contributed by atoms with Gasteiger partial charge in [0.2, 0.25) is 5.91 Å². The number of carbonyl (C=O) groups is 1. The molecule has 0 saturated heterocycles. The molecule has 0 radical (unpaired) electrons. The lowest BCUT2D eigenvalue weighted by Crippen LogP contribution is -2.29. The minimum absolute atomic E-state index is 0.248. The van der Waals surface area contributed by atoms with Crippen LogP contribution in [0.1, 0.15) is 5.56 Å². The third-order valence-corrected chi connectivity index (χ3v) is 1.51. The summed E-state index contributed by atoms with van der Waals surface area (Å²) in [6.45, 7) is 0. The number of carbonyl (C=O) groups excluding carboxylic acids is 1. The lowest BCUT2D eigenvalue weighted by molar-refractivity contribution is -0.125. The highest BCUT2D eigenvalue weighted by molar-refractivity contribution is 5.78. The van der Waals surface area contributed by atoms with Crippen molar-refractivity contribution in [3.63, 3.8) is 0 Å². The van der Waals surface area contributed by atoms with Crippen LogP contribution < -0.4 is 5.73 Å². The molecule has 1 atom stereocenters. The van der Waals surface area contributed by atoms with Crippen molar-refractivity contribution in [1.29, 1.82) is 0 Å². The fourth-order valence-corrected chi connectivity index (χ4v) is 0.843. The maximum absolute atomic E-state index is 10.5. The van der Waals surface area contributed by atoms with Crippen molar-refractivity contribution < 1.29 is 9.90 Å². The number of aliphatic hydroxyl groups is 1. The van der Waals surface area contributed by atoms with E-state index in [-0.39, 0.29) is 6.42 Å². The van der Waals surface area contributed by atoms with E-state index >= 15 is 0 Å². The molecule has 0 fully saturated rings. The topological polar surface area (TPSA) is 76.2 Å². The Bertz CT molecular complexity index is 261. The van der Waals surface area contributed by atoms with Crippen LogP contribution in [-0.2, 0) is 11.2 Å². The Kier molecular flexibility index (Phi) is 2.76. The van der Waals surface area contributed by atoms with Crippen LogP contribution >= 0.6 is 0 Å². The van der Waals surface area contributed by atoms with Gasteiger partial charge in [-0.1, -0.05) is 0 Å². The Labute approximate surface area is 70.0 Å². The molecular formula is C8H10N2O2. The lowest BCUT2D eigenvalue weighted by atomic mass is 10.1. The molecule has 0 aliphatic rings. The minimum Gasteiger partial charge on any atom is -0.383 e. The molecule has 0 bridgehead atoms. The van der Waals surface area contributed by atoms with Gasteiger partial charge in [0.25, 0.3) is 0 Å². The van der Waals surface area contributed by atoms with Crippen molar-refractivity contribution in [3.05, 3.63) is 30.1 Å². The molecule has 1 amide bonds. The monoisotopic (exact) mass is 166 g/mol. The number of hydrogen-bond donors (Lipinski definition) is 2. The average molecular weight is 166 g/mol. The van der Waals surface area contributed by atoms with Crippen LogP contribution in [0.3, 0.4) is 0 Å². The van der Waals surface area contributed by atoms with Gasteiger partial charge in [0, 0.05) is 18.8 Å². The predicted octanol–water partition coefficient (Wildman–Crippen LogP) is -0.530. The quantitative estimate of drug-likeness (QED) is 0.633. The zero-order valence-electron chi connectivity index (χ0n) is 6.47. The molecule has 0 aliphatic heterocycles. The first-order valence-corrected chi connectivity index (χ1v) is 3.56. The maximum Gasteiger partial charge on any atom is 0.246 e. The Morgan fingerprint density at radius 2 is 2.17 bits per heavy atom. The number of nitrogens with two attached hydrogens (primary N) is 1. The third-order valence-electron chi connectivity index (χ3n) is 1.51. The molecule has 1 unspecified atom stereocenters. The fourth-order valence-electron chi connectivity index (χ4n) is 0.843. The van der Waals surface area contributed by atoms with Gasteiger partial charge in [-0.15, -0.1) is 0 Å². The number of hydrogen-bond acceptors (Lipinski definition) is 3. The second kappa shape index (κ2) is 3.82. The van der Waals surface area contributed by atoms with Crippen LogP contribution in [0.2, 0.25) is 0 Å². The van der Waals surface area contributed by atoms with E-state index < -0.39 is 12.0 Å². The summed E-state index contributed by atoms with van der Waals surface area (Å²) in [7, 11) is 0. The van der Waals surface area contributed by atoms with Gasteiger partial charge in [0.05, 0.1) is 0 Å². The number of nitrogens with zero attached hydrogens (tertiary/aromatic N) is 1. The summed E-state index contributed by atoms with van der Waals surface area (Å²) < 4.78 is 0. The van der Waals surface area contributed by atoms with Gasteiger partial charge in [0.15, 0.2) is 0 Å². The zero-order chi connectivity index (χ0) is 8.97. The smallest absolute Gasteiger partial charge is 0.246 e. The van der Waals surface area contributed by atoms with E-state index in [0.717, 1.165) is 5.56 Å². The first-order chi connectivity index (χ1) is 5.70. The molecule has 0 aliphatic carbocycles. The molecule has 0 spiro atoms. The van der Waals surface area contributed by atoms with Gasteiger partial charge in [-0.25, -0.2) is 0 Å². The van der Waals surface area contributed by atoms with Crippen molar-refractivity contribution in [2.75, 3.05) is 0 Å². The molecule has 3 N–H and O–H groups in total. The highest BCUT2D eigenvalue weighted by atomic mass is 16.3. The molecule has 64 valence electrons. The van der Waals surface area contributed by atoms with E-state index in [1.807, 2.05) is 0 Å². The first kappa shape index (κ1) is 8.67. The summed E-state index contributed by atoms with van der Waals surface area (Å²) in [4.78, 5) is 14.3. The summed E-state index contributed by atoms with van der Waals surface area (Å²) in [6, 6.07) is 3.46. The van der Waals surface area contributed by atoms with Gasteiger partial charge in [0.1, 0.15) is 6.10 Å². The van der Waals surface area contributed by atoms with Crippen LogP contribution in [-0.4, -0.2) is 22.1 Å². The van der Waals surface area contributed by atoms with Gasteiger partial charge in [-0.3, -0.25) is 9.78 Å². The SMILES string of the molecule is NC(=O)C(O)Cc1ccncc1. The maximum atomic E-state index is 10.5. The standard InChI is InChI=1S/C8H10N2O2/c9-8(12)7(11)5-6-1-3-10-4-2-6/h1-4,7,11H,5H2,(H2,9,12). The minimum atomic E-state index is -1.10. The second-order valence-electron chi connectivity index (χ2n) is 2.48. The van der Waals surface area contributed by atoms with E-state index in [4.69, 9.17) is 10.8 Å². The number of aliphatic hydroxyl groups excluding tert-OH is 1. The Hall–Kier alpha value is -1.42. The molecule has 1 rings (SSSR count). The molecule has 1 aromatic heterocycles. The molecule has 4 heteroatoms. The second-order valence-corrected chi connectivity index (χ2v) is 2.48. The van der Waals surface area contributed by atoms with Gasteiger partial charge >= 0.3 is 0 Å². The molecule has 4 nitrogen and oxygen atoms in total. The number of primary amides is 1. The largest absolute Gasteiger partial charge is 0.383 e. The third kappa shape index (κ3) is 2.32. The normalized spacial score (nSPS) is 12.4. The van der Waals surface area contributed by atoms with Crippen LogP contribution in [0, 0.1) is 0 Å². The van der Waals surface area contributed by atoms with Crippen molar-refractivity contribution in [1.82, 2.24) is 4.98 Å².